The maximum atomic E-state index is 12.6. The zero-order chi connectivity index (χ0) is 21.4. The molecule has 0 aliphatic rings. The fourth-order valence-corrected chi connectivity index (χ4v) is 3.28. The summed E-state index contributed by atoms with van der Waals surface area (Å²) in [6.07, 6.45) is 0. The number of hydrogen-bond donors (Lipinski definition) is 3. The van der Waals surface area contributed by atoms with Gasteiger partial charge in [-0.15, -0.1) is 11.3 Å². The number of ether oxygens (including phenoxy) is 1. The lowest BCUT2D eigenvalue weighted by Gasteiger charge is -2.25. The summed E-state index contributed by atoms with van der Waals surface area (Å²) in [5, 5.41) is 13.1. The van der Waals surface area contributed by atoms with E-state index in [1.54, 1.807) is 42.7 Å². The molecule has 0 saturated heterocycles. The third kappa shape index (κ3) is 5.65. The Bertz CT molecular complexity index is 927. The van der Waals surface area contributed by atoms with Gasteiger partial charge >= 0.3 is 0 Å². The molecule has 1 aromatic heterocycles. The van der Waals surface area contributed by atoms with Crippen LogP contribution in [0.4, 0.5) is 0 Å². The van der Waals surface area contributed by atoms with Gasteiger partial charge in [0.05, 0.1) is 6.61 Å². The second-order valence-corrected chi connectivity index (χ2v) is 6.97. The van der Waals surface area contributed by atoms with Gasteiger partial charge in [-0.3, -0.25) is 19.6 Å². The second kappa shape index (κ2) is 10.4. The van der Waals surface area contributed by atoms with Crippen LogP contribution in [-0.4, -0.2) is 55.1 Å². The molecule has 3 amide bonds. The van der Waals surface area contributed by atoms with Crippen LogP contribution in [0.25, 0.3) is 0 Å². The van der Waals surface area contributed by atoms with Crippen LogP contribution in [0.2, 0.25) is 0 Å². The minimum Gasteiger partial charge on any atom is -0.379 e. The van der Waals surface area contributed by atoms with Gasteiger partial charge in [0.1, 0.15) is 0 Å². The number of carbonyl (C=O) groups is 3. The van der Waals surface area contributed by atoms with Gasteiger partial charge in [0, 0.05) is 48.2 Å². The Balaban J connectivity index is 2.14. The molecule has 0 aliphatic heterocycles. The Kier molecular flexibility index (Phi) is 7.91. The monoisotopic (exact) mass is 415 g/mol. The summed E-state index contributed by atoms with van der Waals surface area (Å²) in [4.78, 5) is 38.3. The number of hydrogen-bond acceptors (Lipinski definition) is 6. The van der Waals surface area contributed by atoms with Gasteiger partial charge in [-0.25, -0.2) is 5.48 Å². The number of rotatable bonds is 6. The van der Waals surface area contributed by atoms with Crippen LogP contribution in [0.15, 0.2) is 35.7 Å². The highest BCUT2D eigenvalue weighted by atomic mass is 32.1. The lowest BCUT2D eigenvalue weighted by molar-refractivity contribution is -0.140. The number of thiophene rings is 1. The first-order chi connectivity index (χ1) is 13.9. The first kappa shape index (κ1) is 22.1. The second-order valence-electron chi connectivity index (χ2n) is 5.97. The van der Waals surface area contributed by atoms with Crippen molar-refractivity contribution in [2.45, 2.75) is 12.6 Å². The van der Waals surface area contributed by atoms with Crippen molar-refractivity contribution >= 4 is 29.1 Å². The molecule has 1 atom stereocenters. The van der Waals surface area contributed by atoms with Crippen LogP contribution in [0.1, 0.15) is 26.4 Å². The van der Waals surface area contributed by atoms with Crippen molar-refractivity contribution in [3.8, 4) is 11.8 Å². The van der Waals surface area contributed by atoms with E-state index in [1.165, 1.54) is 19.6 Å². The largest absolute Gasteiger partial charge is 0.379 e. The molecule has 152 valence electrons. The molecule has 0 aliphatic carbocycles. The third-order valence-corrected chi connectivity index (χ3v) is 4.89. The number of methoxy groups -OCH3 is 1. The maximum absolute atomic E-state index is 12.6. The van der Waals surface area contributed by atoms with E-state index in [-0.39, 0.29) is 5.56 Å². The Morgan fingerprint density at radius 3 is 2.41 bits per heavy atom. The van der Waals surface area contributed by atoms with Crippen LogP contribution in [0.5, 0.6) is 0 Å². The van der Waals surface area contributed by atoms with Crippen molar-refractivity contribution in [1.82, 2.24) is 15.7 Å². The van der Waals surface area contributed by atoms with Gasteiger partial charge in [0.2, 0.25) is 0 Å². The zero-order valence-corrected chi connectivity index (χ0v) is 17.0. The first-order valence-corrected chi connectivity index (χ1v) is 9.40. The van der Waals surface area contributed by atoms with Gasteiger partial charge in [-0.05, 0) is 30.3 Å². The van der Waals surface area contributed by atoms with Crippen molar-refractivity contribution in [1.29, 1.82) is 0 Å². The zero-order valence-electron chi connectivity index (χ0n) is 16.2. The molecule has 9 heteroatoms. The van der Waals surface area contributed by atoms with Gasteiger partial charge in [-0.2, -0.15) is 0 Å². The van der Waals surface area contributed by atoms with Gasteiger partial charge in [-0.1, -0.05) is 11.8 Å². The number of nitrogens with zero attached hydrogens (tertiary/aromatic N) is 1. The first-order valence-electron chi connectivity index (χ1n) is 8.52. The lowest BCUT2D eigenvalue weighted by atomic mass is 10.1. The van der Waals surface area contributed by atoms with Crippen molar-refractivity contribution in [2.75, 3.05) is 21.2 Å². The molecule has 1 unspecified atom stereocenters. The Morgan fingerprint density at radius 2 is 1.83 bits per heavy atom. The van der Waals surface area contributed by atoms with E-state index in [1.807, 2.05) is 11.4 Å². The molecule has 1 aromatic carbocycles. The smallest absolute Gasteiger partial charge is 0.275 e. The minimum atomic E-state index is -1.50. The number of hydroxylamine groups is 1. The van der Waals surface area contributed by atoms with Crippen LogP contribution >= 0.6 is 11.3 Å². The Hall–Kier alpha value is -3.19. The molecular formula is C20H21N3O5S. The fourth-order valence-electron chi connectivity index (χ4n) is 2.49. The van der Waals surface area contributed by atoms with Crippen molar-refractivity contribution < 1.29 is 24.3 Å². The van der Waals surface area contributed by atoms with E-state index in [4.69, 9.17) is 9.94 Å². The molecule has 0 bridgehead atoms. The number of nitrogens with one attached hydrogen (secondary N) is 2. The van der Waals surface area contributed by atoms with E-state index >= 15 is 0 Å². The number of likely N-dealkylation sites (N-methyl/N-ethyl adjacent to an activating group) is 2. The topological polar surface area (TPSA) is 108 Å². The quantitative estimate of drug-likeness (QED) is 0.282. The predicted molar refractivity (Wildman–Crippen MR) is 107 cm³/mol. The lowest BCUT2D eigenvalue weighted by Crippen LogP contribution is -2.54. The van der Waals surface area contributed by atoms with Gasteiger partial charge < -0.3 is 15.0 Å². The Morgan fingerprint density at radius 1 is 1.17 bits per heavy atom. The molecule has 0 fully saturated rings. The molecule has 2 aromatic rings. The molecule has 3 N–H and O–H groups in total. The standard InChI is InChI=1S/C20H21N3O5S/c1-21-18(24)17(19(25)22-27)23(2)20(26)15-8-6-13(7-9-15)4-5-14-10-16(11-28-3)29-12-14/h6-10,12,17,27H,11H2,1-3H3,(H,21,24)(H,22,25). The van der Waals surface area contributed by atoms with Gasteiger partial charge in [0.15, 0.2) is 6.04 Å². The van der Waals surface area contributed by atoms with Crippen molar-refractivity contribution in [2.24, 2.45) is 0 Å². The molecular weight excluding hydrogens is 394 g/mol. The average molecular weight is 415 g/mol. The normalized spacial score (nSPS) is 11.0. The Labute approximate surface area is 172 Å². The van der Waals surface area contributed by atoms with Gasteiger partial charge in [0.25, 0.3) is 17.7 Å². The molecule has 0 radical (unpaired) electrons. The van der Waals surface area contributed by atoms with Crippen LogP contribution < -0.4 is 10.8 Å². The summed E-state index contributed by atoms with van der Waals surface area (Å²) >= 11 is 1.57. The van der Waals surface area contributed by atoms with Crippen molar-refractivity contribution in [3.05, 3.63) is 57.3 Å². The third-order valence-electron chi connectivity index (χ3n) is 3.98. The summed E-state index contributed by atoms with van der Waals surface area (Å²) < 4.78 is 5.08. The predicted octanol–water partition coefficient (Wildman–Crippen LogP) is 0.986. The summed E-state index contributed by atoms with van der Waals surface area (Å²) in [5.74, 6) is 3.79. The highest BCUT2D eigenvalue weighted by Gasteiger charge is 2.33. The van der Waals surface area contributed by atoms with E-state index in [2.05, 4.69) is 17.2 Å². The SMILES string of the molecule is CNC(=O)C(C(=O)NO)N(C)C(=O)c1ccc(C#Cc2csc(COC)c2)cc1. The fraction of sp³-hybridized carbons (Fsp3) is 0.250. The summed E-state index contributed by atoms with van der Waals surface area (Å²) in [6.45, 7) is 0.544. The summed E-state index contributed by atoms with van der Waals surface area (Å²) in [7, 11) is 4.27. The highest BCUT2D eigenvalue weighted by molar-refractivity contribution is 7.10. The molecule has 0 spiro atoms. The number of amides is 3. The number of carbonyl (C=O) groups excluding carboxylic acids is 3. The number of benzene rings is 1. The van der Waals surface area contributed by atoms with Crippen molar-refractivity contribution in [3.63, 3.8) is 0 Å². The molecule has 1 heterocycles. The van der Waals surface area contributed by atoms with E-state index in [9.17, 15) is 14.4 Å². The summed E-state index contributed by atoms with van der Waals surface area (Å²) in [5.41, 5.74) is 3.26. The molecule has 2 rings (SSSR count). The van der Waals surface area contributed by atoms with E-state index < -0.39 is 23.8 Å². The van der Waals surface area contributed by atoms with Crippen LogP contribution in [0, 0.1) is 11.8 Å². The minimum absolute atomic E-state index is 0.274. The maximum Gasteiger partial charge on any atom is 0.275 e. The summed E-state index contributed by atoms with van der Waals surface area (Å²) in [6, 6.07) is 6.93. The van der Waals surface area contributed by atoms with E-state index in [0.29, 0.717) is 12.2 Å². The van der Waals surface area contributed by atoms with E-state index in [0.717, 1.165) is 15.3 Å². The molecule has 0 saturated carbocycles. The molecule has 8 nitrogen and oxygen atoms in total. The van der Waals surface area contributed by atoms with Crippen LogP contribution in [-0.2, 0) is 20.9 Å². The highest BCUT2D eigenvalue weighted by Crippen LogP contribution is 2.15. The van der Waals surface area contributed by atoms with Crippen LogP contribution in [0.3, 0.4) is 0 Å². The molecule has 29 heavy (non-hydrogen) atoms. The average Bonchev–Trinajstić information content (AvgIpc) is 3.19.